The van der Waals surface area contributed by atoms with Gasteiger partial charge < -0.3 is 49.5 Å². The van der Waals surface area contributed by atoms with Crippen LogP contribution in [0.4, 0.5) is 0 Å². The van der Waals surface area contributed by atoms with E-state index in [1.165, 1.54) is 12.1 Å². The van der Waals surface area contributed by atoms with Crippen molar-refractivity contribution >= 4 is 10.1 Å². The number of nitrogens with one attached hydrogen (secondary N) is 2. The van der Waals surface area contributed by atoms with Gasteiger partial charge >= 0.3 is 10.1 Å². The Morgan fingerprint density at radius 2 is 1.78 bits per heavy atom. The average molecular weight is 547 g/mol. The summed E-state index contributed by atoms with van der Waals surface area (Å²) in [6.45, 7) is 3.80. The Kier molecular flexibility index (Phi) is 8.23. The number of hydrogen-bond acceptors (Lipinski definition) is 12. The summed E-state index contributed by atoms with van der Waals surface area (Å²) in [5, 5.41) is 51.3. The molecule has 1 saturated carbocycles. The van der Waals surface area contributed by atoms with Gasteiger partial charge in [-0.05, 0) is 38.1 Å². The standard InChI is InChI=1S/C24H38N2O10S/c1-5-16-18(27)17(25-3)20-21(19(16)28)34-22-24(30,35-20)23(29,10-13(2)33-22)12-26-11-14-6-8-15(9-7-14)36-37(4,31)32/h6-9,13,16-22,25-30H,5,10-12H2,1-4H3/t13-,16-,17+,18+,19+,20-,21-,22+,23-,24-/m1/s1. The van der Waals surface area contributed by atoms with Crippen molar-refractivity contribution in [2.24, 2.45) is 5.92 Å². The van der Waals surface area contributed by atoms with Crippen molar-refractivity contribution in [1.29, 1.82) is 0 Å². The third-order valence-electron chi connectivity index (χ3n) is 7.55. The topological polar surface area (TPSA) is 176 Å². The summed E-state index contributed by atoms with van der Waals surface area (Å²) in [6.07, 6.45) is -4.20. The van der Waals surface area contributed by atoms with Crippen LogP contribution < -0.4 is 14.8 Å². The number of ether oxygens (including phenoxy) is 3. The third-order valence-corrected chi connectivity index (χ3v) is 8.04. The van der Waals surface area contributed by atoms with Crippen LogP contribution in [0.1, 0.15) is 32.3 Å². The summed E-state index contributed by atoms with van der Waals surface area (Å²) in [7, 11) is -1.98. The first kappa shape index (κ1) is 28.6. The fraction of sp³-hybridized carbons (Fsp3) is 0.750. The van der Waals surface area contributed by atoms with E-state index in [9.17, 15) is 28.8 Å². The molecule has 0 unspecified atom stereocenters. The summed E-state index contributed by atoms with van der Waals surface area (Å²) in [4.78, 5) is 0. The highest BCUT2D eigenvalue weighted by molar-refractivity contribution is 7.86. The average Bonchev–Trinajstić information content (AvgIpc) is 2.80. The molecule has 2 aliphatic heterocycles. The van der Waals surface area contributed by atoms with Gasteiger partial charge in [0.15, 0.2) is 0 Å². The summed E-state index contributed by atoms with van der Waals surface area (Å²) in [5.41, 5.74) is -1.05. The Balaban J connectivity index is 1.50. The largest absolute Gasteiger partial charge is 0.391 e. The zero-order valence-electron chi connectivity index (χ0n) is 21.4. The minimum absolute atomic E-state index is 0.0296. The highest BCUT2D eigenvalue weighted by atomic mass is 32.2. The van der Waals surface area contributed by atoms with E-state index in [0.717, 1.165) is 11.8 Å². The molecule has 0 aromatic heterocycles. The molecule has 10 atom stereocenters. The Morgan fingerprint density at radius 3 is 2.38 bits per heavy atom. The molecular weight excluding hydrogens is 508 g/mol. The molecule has 2 heterocycles. The van der Waals surface area contributed by atoms with Crippen LogP contribution in [0.15, 0.2) is 24.3 Å². The van der Waals surface area contributed by atoms with Crippen molar-refractivity contribution < 1.29 is 47.2 Å². The molecule has 0 bridgehead atoms. The lowest BCUT2D eigenvalue weighted by Gasteiger charge is -2.60. The molecule has 37 heavy (non-hydrogen) atoms. The van der Waals surface area contributed by atoms with E-state index in [2.05, 4.69) is 10.6 Å². The Hall–Kier alpha value is -1.39. The lowest BCUT2D eigenvalue weighted by molar-refractivity contribution is -0.483. The van der Waals surface area contributed by atoms with Crippen LogP contribution in [0.2, 0.25) is 0 Å². The molecule has 210 valence electrons. The number of aliphatic hydroxyl groups is 4. The second-order valence-corrected chi connectivity index (χ2v) is 11.9. The summed E-state index contributed by atoms with van der Waals surface area (Å²) >= 11 is 0. The van der Waals surface area contributed by atoms with Gasteiger partial charge in [0, 0.05) is 25.4 Å². The highest BCUT2D eigenvalue weighted by Gasteiger charge is 2.68. The first-order valence-corrected chi connectivity index (χ1v) is 14.3. The van der Waals surface area contributed by atoms with Gasteiger partial charge in [-0.1, -0.05) is 19.1 Å². The van der Waals surface area contributed by atoms with E-state index in [1.54, 1.807) is 26.1 Å². The molecule has 13 heteroatoms. The number of aliphatic hydroxyl groups excluding tert-OH is 2. The zero-order chi connectivity index (χ0) is 27.2. The zero-order valence-corrected chi connectivity index (χ0v) is 22.2. The number of hydrogen-bond donors (Lipinski definition) is 6. The lowest BCUT2D eigenvalue weighted by Crippen LogP contribution is -2.80. The summed E-state index contributed by atoms with van der Waals surface area (Å²) < 4.78 is 45.4. The first-order valence-electron chi connectivity index (χ1n) is 12.5. The molecule has 12 nitrogen and oxygen atoms in total. The molecule has 6 N–H and O–H groups in total. The van der Waals surface area contributed by atoms with E-state index in [4.69, 9.17) is 18.4 Å². The number of likely N-dealkylation sites (N-methyl/N-ethyl adjacent to an activating group) is 1. The summed E-state index contributed by atoms with van der Waals surface area (Å²) in [6, 6.07) is 5.74. The smallest absolute Gasteiger partial charge is 0.306 e. The molecule has 0 spiro atoms. The number of benzene rings is 1. The molecule has 3 aliphatic rings. The fourth-order valence-electron chi connectivity index (χ4n) is 5.70. The van der Waals surface area contributed by atoms with Crippen molar-refractivity contribution in [2.45, 2.75) is 87.5 Å². The predicted octanol–water partition coefficient (Wildman–Crippen LogP) is -1.20. The van der Waals surface area contributed by atoms with Crippen molar-refractivity contribution in [1.82, 2.24) is 10.6 Å². The van der Waals surface area contributed by atoms with Crippen LogP contribution >= 0.6 is 0 Å². The van der Waals surface area contributed by atoms with Crippen LogP contribution in [-0.4, -0.2) is 103 Å². The van der Waals surface area contributed by atoms with E-state index in [1.807, 2.05) is 6.92 Å². The van der Waals surface area contributed by atoms with E-state index >= 15 is 0 Å². The molecule has 4 rings (SSSR count). The molecule has 1 aliphatic carbocycles. The van der Waals surface area contributed by atoms with E-state index in [-0.39, 0.29) is 18.7 Å². The number of rotatable bonds is 8. The highest BCUT2D eigenvalue weighted by Crippen LogP contribution is 2.47. The molecule has 1 aromatic rings. The van der Waals surface area contributed by atoms with Gasteiger partial charge in [0.05, 0.1) is 30.6 Å². The van der Waals surface area contributed by atoms with Gasteiger partial charge in [-0.3, -0.25) is 0 Å². The Bertz CT molecular complexity index is 1040. The van der Waals surface area contributed by atoms with E-state index < -0.39 is 70.3 Å². The SMILES string of the molecule is CC[C@@H]1[C@H](O)[C@H](NC)[C@H]2O[C@]3(O)[C@H](O[C@@H]2[C@H]1O)O[C@H](C)C[C@@]3(O)CNCc1ccc(OS(C)(=O)=O)cc1. The third kappa shape index (κ3) is 5.53. The Morgan fingerprint density at radius 1 is 1.11 bits per heavy atom. The normalized spacial score (nSPS) is 42.1. The van der Waals surface area contributed by atoms with Gasteiger partial charge in [0.2, 0.25) is 12.1 Å². The van der Waals surface area contributed by atoms with Gasteiger partial charge in [-0.2, -0.15) is 8.42 Å². The quantitative estimate of drug-likeness (QED) is 0.215. The van der Waals surface area contributed by atoms with Crippen molar-refractivity contribution in [3.8, 4) is 5.75 Å². The minimum Gasteiger partial charge on any atom is -0.391 e. The predicted molar refractivity (Wildman–Crippen MR) is 131 cm³/mol. The van der Waals surface area contributed by atoms with Gasteiger partial charge in [-0.25, -0.2) is 0 Å². The molecule has 0 amide bonds. The molecule has 0 radical (unpaired) electrons. The van der Waals surface area contributed by atoms with Crippen LogP contribution in [0.5, 0.6) is 5.75 Å². The van der Waals surface area contributed by atoms with Crippen molar-refractivity contribution in [3.05, 3.63) is 29.8 Å². The first-order chi connectivity index (χ1) is 17.3. The van der Waals surface area contributed by atoms with Crippen LogP contribution in [-0.2, 0) is 30.9 Å². The summed E-state index contributed by atoms with van der Waals surface area (Å²) in [5.74, 6) is -2.57. The molecular formula is C24H38N2O10S. The van der Waals surface area contributed by atoms with Gasteiger partial charge in [0.1, 0.15) is 23.6 Å². The van der Waals surface area contributed by atoms with Gasteiger partial charge in [0.25, 0.3) is 0 Å². The minimum atomic E-state index is -3.63. The maximum absolute atomic E-state index is 11.7. The Labute approximate surface area is 217 Å². The molecule has 2 saturated heterocycles. The second kappa shape index (κ2) is 10.6. The monoisotopic (exact) mass is 546 g/mol. The van der Waals surface area contributed by atoms with Crippen LogP contribution in [0.25, 0.3) is 0 Å². The van der Waals surface area contributed by atoms with E-state index in [0.29, 0.717) is 13.0 Å². The number of fused-ring (bicyclic) bond motifs is 2. The van der Waals surface area contributed by atoms with Crippen molar-refractivity contribution in [3.63, 3.8) is 0 Å². The van der Waals surface area contributed by atoms with Gasteiger partial charge in [-0.15, -0.1) is 0 Å². The van der Waals surface area contributed by atoms with Crippen LogP contribution in [0, 0.1) is 5.92 Å². The maximum Gasteiger partial charge on any atom is 0.306 e. The fourth-order valence-corrected chi connectivity index (χ4v) is 6.16. The molecule has 1 aromatic carbocycles. The lowest BCUT2D eigenvalue weighted by atomic mass is 9.74. The maximum atomic E-state index is 11.7. The van der Waals surface area contributed by atoms with Crippen molar-refractivity contribution in [2.75, 3.05) is 19.8 Å². The van der Waals surface area contributed by atoms with Crippen LogP contribution in [0.3, 0.4) is 0 Å². The second-order valence-electron chi connectivity index (χ2n) is 10.3. The molecule has 3 fully saturated rings.